The number of nitrogen functional groups attached to an aromatic ring is 1. The monoisotopic (exact) mass is 287 g/mol. The first-order valence-corrected chi connectivity index (χ1v) is 6.76. The molecule has 0 radical (unpaired) electrons. The normalized spacial score (nSPS) is 11.4. The Morgan fingerprint density at radius 3 is 2.72 bits per heavy atom. The molecule has 96 valence electrons. The summed E-state index contributed by atoms with van der Waals surface area (Å²) < 4.78 is 31.2. The van der Waals surface area contributed by atoms with Gasteiger partial charge in [-0.2, -0.15) is 0 Å². The molecule has 0 fully saturated rings. The summed E-state index contributed by atoms with van der Waals surface area (Å²) in [4.78, 5) is -0.174. The number of aryl methyl sites for hydroxylation is 1. The third kappa shape index (κ3) is 2.41. The van der Waals surface area contributed by atoms with Crippen molar-refractivity contribution in [3.63, 3.8) is 0 Å². The van der Waals surface area contributed by atoms with Crippen molar-refractivity contribution in [1.82, 2.24) is 5.16 Å². The number of nitrogens with one attached hydrogen (secondary N) is 1. The molecule has 0 unspecified atom stereocenters. The molecule has 2 aromatic rings. The van der Waals surface area contributed by atoms with Gasteiger partial charge in [0, 0.05) is 6.07 Å². The fourth-order valence-electron chi connectivity index (χ4n) is 1.41. The van der Waals surface area contributed by atoms with E-state index in [1.165, 1.54) is 18.2 Å². The predicted octanol–water partition coefficient (Wildman–Crippen LogP) is 2.02. The molecule has 0 amide bonds. The van der Waals surface area contributed by atoms with E-state index in [9.17, 15) is 8.42 Å². The van der Waals surface area contributed by atoms with Crippen molar-refractivity contribution in [2.75, 3.05) is 10.5 Å². The fraction of sp³-hybridized carbons (Fsp3) is 0.100. The lowest BCUT2D eigenvalue weighted by Gasteiger charge is -2.09. The molecule has 0 aliphatic heterocycles. The predicted molar refractivity (Wildman–Crippen MR) is 67.9 cm³/mol. The molecule has 6 nitrogen and oxygen atoms in total. The van der Waals surface area contributed by atoms with E-state index in [1.807, 2.05) is 0 Å². The lowest BCUT2D eigenvalue weighted by Crippen LogP contribution is -2.15. The zero-order valence-corrected chi connectivity index (χ0v) is 10.9. The molecule has 0 bridgehead atoms. The van der Waals surface area contributed by atoms with Crippen molar-refractivity contribution in [1.29, 1.82) is 0 Å². The highest BCUT2D eigenvalue weighted by molar-refractivity contribution is 7.93. The van der Waals surface area contributed by atoms with E-state index in [4.69, 9.17) is 21.9 Å². The lowest BCUT2D eigenvalue weighted by atomic mass is 10.3. The molecule has 0 spiro atoms. The van der Waals surface area contributed by atoms with Gasteiger partial charge in [0.15, 0.2) is 5.82 Å². The summed E-state index contributed by atoms with van der Waals surface area (Å²) in [6, 6.07) is 5.91. The molecule has 1 heterocycles. The number of hydrogen-bond acceptors (Lipinski definition) is 5. The Labute approximate surface area is 109 Å². The van der Waals surface area contributed by atoms with E-state index < -0.39 is 10.0 Å². The smallest absolute Gasteiger partial charge is 0.266 e. The second-order valence-corrected chi connectivity index (χ2v) is 5.61. The minimum absolute atomic E-state index is 0.0442. The van der Waals surface area contributed by atoms with Gasteiger partial charge in [-0.3, -0.25) is 4.72 Å². The van der Waals surface area contributed by atoms with Crippen molar-refractivity contribution < 1.29 is 12.9 Å². The number of nitrogens with two attached hydrogens (primary N) is 1. The van der Waals surface area contributed by atoms with Gasteiger partial charge < -0.3 is 10.3 Å². The summed E-state index contributed by atoms with van der Waals surface area (Å²) >= 11 is 5.84. The zero-order chi connectivity index (χ0) is 13.3. The lowest BCUT2D eigenvalue weighted by molar-refractivity contribution is 0.400. The van der Waals surface area contributed by atoms with Crippen LogP contribution in [0, 0.1) is 6.92 Å². The second-order valence-electron chi connectivity index (χ2n) is 3.59. The Morgan fingerprint density at radius 1 is 1.44 bits per heavy atom. The third-order valence-corrected chi connectivity index (χ3v) is 4.03. The number of rotatable bonds is 3. The van der Waals surface area contributed by atoms with Gasteiger partial charge in [-0.25, -0.2) is 8.42 Å². The highest BCUT2D eigenvalue weighted by Crippen LogP contribution is 2.28. The number of nitrogens with zero attached hydrogens (tertiary/aromatic N) is 1. The number of benzene rings is 1. The largest absolute Gasteiger partial charge is 0.398 e. The van der Waals surface area contributed by atoms with Crippen molar-refractivity contribution in [3.05, 3.63) is 35.0 Å². The molecular formula is C10H10ClN3O3S. The first kappa shape index (κ1) is 12.7. The van der Waals surface area contributed by atoms with Gasteiger partial charge in [-0.05, 0) is 19.1 Å². The highest BCUT2D eigenvalue weighted by atomic mass is 35.5. The van der Waals surface area contributed by atoms with Crippen LogP contribution in [0.15, 0.2) is 33.7 Å². The molecule has 1 aromatic carbocycles. The molecular weight excluding hydrogens is 278 g/mol. The van der Waals surface area contributed by atoms with Gasteiger partial charge in [0.05, 0.1) is 10.7 Å². The number of aromatic nitrogens is 1. The molecule has 8 heteroatoms. The SMILES string of the molecule is Cc1cc(NS(=O)(=O)c2c(N)cccc2Cl)no1. The van der Waals surface area contributed by atoms with Crippen molar-refractivity contribution in [3.8, 4) is 0 Å². The molecule has 1 aromatic heterocycles. The van der Waals surface area contributed by atoms with Gasteiger partial charge in [-0.1, -0.05) is 22.8 Å². The van der Waals surface area contributed by atoms with Crippen molar-refractivity contribution >= 4 is 33.1 Å². The van der Waals surface area contributed by atoms with E-state index in [0.29, 0.717) is 5.76 Å². The van der Waals surface area contributed by atoms with Crippen LogP contribution in [-0.2, 0) is 10.0 Å². The fourth-order valence-corrected chi connectivity index (χ4v) is 3.08. The first-order chi connectivity index (χ1) is 8.40. The van der Waals surface area contributed by atoms with Crippen LogP contribution in [0.3, 0.4) is 0 Å². The Balaban J connectivity index is 2.43. The average molecular weight is 288 g/mol. The molecule has 0 saturated carbocycles. The maximum absolute atomic E-state index is 12.1. The number of sulfonamides is 1. The van der Waals surface area contributed by atoms with E-state index in [-0.39, 0.29) is 21.4 Å². The zero-order valence-electron chi connectivity index (χ0n) is 9.34. The molecule has 18 heavy (non-hydrogen) atoms. The summed E-state index contributed by atoms with van der Waals surface area (Å²) in [6.45, 7) is 1.65. The molecule has 0 atom stereocenters. The first-order valence-electron chi connectivity index (χ1n) is 4.90. The van der Waals surface area contributed by atoms with Crippen molar-refractivity contribution in [2.45, 2.75) is 11.8 Å². The van der Waals surface area contributed by atoms with Crippen LogP contribution in [-0.4, -0.2) is 13.6 Å². The quantitative estimate of drug-likeness (QED) is 0.842. The van der Waals surface area contributed by atoms with Crippen molar-refractivity contribution in [2.24, 2.45) is 0 Å². The molecule has 0 saturated heterocycles. The average Bonchev–Trinajstić information content (AvgIpc) is 2.62. The van der Waals surface area contributed by atoms with E-state index in [0.717, 1.165) is 0 Å². The Morgan fingerprint density at radius 2 is 2.17 bits per heavy atom. The maximum atomic E-state index is 12.1. The number of halogens is 1. The van der Waals surface area contributed by atoms with Crippen LogP contribution in [0.25, 0.3) is 0 Å². The number of anilines is 2. The van der Waals surface area contributed by atoms with Crippen LogP contribution >= 0.6 is 11.6 Å². The Bertz CT molecular complexity index is 661. The van der Waals surface area contributed by atoms with Crippen LogP contribution in [0.1, 0.15) is 5.76 Å². The van der Waals surface area contributed by atoms with Crippen LogP contribution in [0.5, 0.6) is 0 Å². The van der Waals surface area contributed by atoms with Crippen LogP contribution < -0.4 is 10.5 Å². The minimum Gasteiger partial charge on any atom is -0.398 e. The molecule has 0 aliphatic carbocycles. The molecule has 3 N–H and O–H groups in total. The topological polar surface area (TPSA) is 98.2 Å². The molecule has 0 aliphatic rings. The standard InChI is InChI=1S/C10H10ClN3O3S/c1-6-5-9(13-17-6)14-18(15,16)10-7(11)3-2-4-8(10)12/h2-5H,12H2,1H3,(H,13,14). The summed E-state index contributed by atoms with van der Waals surface area (Å²) in [7, 11) is -3.89. The van der Waals surface area contributed by atoms with Crippen LogP contribution in [0.4, 0.5) is 11.5 Å². The summed E-state index contributed by atoms with van der Waals surface area (Å²) in [6.07, 6.45) is 0. The second kappa shape index (κ2) is 4.51. The van der Waals surface area contributed by atoms with Gasteiger partial charge in [0.2, 0.25) is 0 Å². The maximum Gasteiger partial charge on any atom is 0.266 e. The summed E-state index contributed by atoms with van der Waals surface area (Å²) in [5.41, 5.74) is 5.68. The van der Waals surface area contributed by atoms with Gasteiger partial charge in [0.25, 0.3) is 10.0 Å². The van der Waals surface area contributed by atoms with Gasteiger partial charge in [0.1, 0.15) is 10.7 Å². The number of hydrogen-bond donors (Lipinski definition) is 2. The Kier molecular flexibility index (Phi) is 3.18. The van der Waals surface area contributed by atoms with Crippen LogP contribution in [0.2, 0.25) is 5.02 Å². The van der Waals surface area contributed by atoms with E-state index in [2.05, 4.69) is 9.88 Å². The summed E-state index contributed by atoms with van der Waals surface area (Å²) in [5, 5.41) is 3.58. The molecule has 2 rings (SSSR count). The third-order valence-electron chi connectivity index (χ3n) is 2.13. The summed E-state index contributed by atoms with van der Waals surface area (Å²) in [5.74, 6) is 0.562. The van der Waals surface area contributed by atoms with E-state index >= 15 is 0 Å². The van der Waals surface area contributed by atoms with Gasteiger partial charge >= 0.3 is 0 Å². The minimum atomic E-state index is -3.89. The van der Waals surface area contributed by atoms with Gasteiger partial charge in [-0.15, -0.1) is 0 Å². The highest BCUT2D eigenvalue weighted by Gasteiger charge is 2.22. The van der Waals surface area contributed by atoms with E-state index in [1.54, 1.807) is 13.0 Å². The Hall–Kier alpha value is -1.73.